The molecular formula is C25H24N4O4. The van der Waals surface area contributed by atoms with Gasteiger partial charge in [-0.15, -0.1) is 0 Å². The van der Waals surface area contributed by atoms with Crippen LogP contribution in [0.4, 0.5) is 22.7 Å². The van der Waals surface area contributed by atoms with E-state index in [1.165, 1.54) is 0 Å². The van der Waals surface area contributed by atoms with Crippen LogP contribution >= 0.6 is 0 Å². The molecular weight excluding hydrogens is 420 g/mol. The fourth-order valence-corrected chi connectivity index (χ4v) is 2.85. The number of nitrogen functional groups attached to an aromatic ring is 4. The molecule has 0 saturated carbocycles. The third kappa shape index (κ3) is 5.71. The Kier molecular flexibility index (Phi) is 5.99. The molecule has 4 aromatic rings. The lowest BCUT2D eigenvalue weighted by Gasteiger charge is -2.32. The van der Waals surface area contributed by atoms with Crippen molar-refractivity contribution in [3.8, 4) is 23.0 Å². The summed E-state index contributed by atoms with van der Waals surface area (Å²) in [5.74, 6) is 1.58. The van der Waals surface area contributed by atoms with Crippen molar-refractivity contribution in [3.05, 3.63) is 97.1 Å². The molecule has 168 valence electrons. The molecule has 0 radical (unpaired) electrons. The standard InChI is InChI=1S/C25H24N4O4/c26-17-1-9-21(10-2-17)30-25(31-22-11-3-18(27)4-12-22,32-23-13-5-19(28)6-14-23)33-24-15-7-20(29)8-16-24/h1-16H,26-29H2. The number of ether oxygens (including phenoxy) is 4. The highest BCUT2D eigenvalue weighted by Gasteiger charge is 2.43. The predicted octanol–water partition coefficient (Wildman–Crippen LogP) is 4.24. The van der Waals surface area contributed by atoms with Crippen LogP contribution in [0.25, 0.3) is 0 Å². The summed E-state index contributed by atoms with van der Waals surface area (Å²) < 4.78 is 24.6. The molecule has 0 atom stereocenters. The summed E-state index contributed by atoms with van der Waals surface area (Å²) in [6.07, 6.45) is -2.07. The summed E-state index contributed by atoms with van der Waals surface area (Å²) in [6.45, 7) is 0. The highest BCUT2D eigenvalue weighted by atomic mass is 17.0. The Hall–Kier alpha value is -4.72. The minimum atomic E-state index is -2.07. The van der Waals surface area contributed by atoms with Gasteiger partial charge in [0, 0.05) is 22.7 Å². The topological polar surface area (TPSA) is 141 Å². The second-order valence-corrected chi connectivity index (χ2v) is 7.18. The van der Waals surface area contributed by atoms with E-state index in [2.05, 4.69) is 0 Å². The molecule has 4 rings (SSSR count). The first-order chi connectivity index (χ1) is 15.9. The Balaban J connectivity index is 1.77. The predicted molar refractivity (Wildman–Crippen MR) is 129 cm³/mol. The van der Waals surface area contributed by atoms with E-state index in [9.17, 15) is 0 Å². The Labute approximate surface area is 191 Å². The monoisotopic (exact) mass is 444 g/mol. The Morgan fingerprint density at radius 1 is 0.333 bits per heavy atom. The van der Waals surface area contributed by atoms with Crippen molar-refractivity contribution < 1.29 is 18.9 Å². The molecule has 8 heteroatoms. The molecule has 0 aliphatic rings. The van der Waals surface area contributed by atoms with Gasteiger partial charge in [-0.2, -0.15) is 0 Å². The molecule has 0 unspecified atom stereocenters. The first-order valence-corrected chi connectivity index (χ1v) is 10.1. The number of nitrogens with two attached hydrogens (primary N) is 4. The fourth-order valence-electron chi connectivity index (χ4n) is 2.85. The summed E-state index contributed by atoms with van der Waals surface area (Å²) in [7, 11) is 0. The molecule has 0 aliphatic carbocycles. The molecule has 0 aromatic heterocycles. The van der Waals surface area contributed by atoms with Crippen LogP contribution in [0.15, 0.2) is 97.1 Å². The van der Waals surface area contributed by atoms with Gasteiger partial charge in [-0.25, -0.2) is 0 Å². The van der Waals surface area contributed by atoms with Crippen molar-refractivity contribution in [2.75, 3.05) is 22.9 Å². The van der Waals surface area contributed by atoms with E-state index in [0.717, 1.165) is 0 Å². The average Bonchev–Trinajstić information content (AvgIpc) is 2.80. The first kappa shape index (κ1) is 21.5. The zero-order valence-corrected chi connectivity index (χ0v) is 17.7. The molecule has 0 spiro atoms. The Bertz CT molecular complexity index is 984. The van der Waals surface area contributed by atoms with Crippen molar-refractivity contribution in [1.82, 2.24) is 0 Å². The van der Waals surface area contributed by atoms with Gasteiger partial charge in [-0.1, -0.05) is 0 Å². The second-order valence-electron chi connectivity index (χ2n) is 7.18. The molecule has 0 fully saturated rings. The van der Waals surface area contributed by atoms with Gasteiger partial charge in [0.05, 0.1) is 0 Å². The number of anilines is 4. The molecule has 8 N–H and O–H groups in total. The fraction of sp³-hybridized carbons (Fsp3) is 0.0400. The average molecular weight is 444 g/mol. The van der Waals surface area contributed by atoms with Gasteiger partial charge in [0.2, 0.25) is 0 Å². The van der Waals surface area contributed by atoms with E-state index in [1.807, 2.05) is 0 Å². The van der Waals surface area contributed by atoms with Crippen molar-refractivity contribution in [2.45, 2.75) is 6.16 Å². The molecule has 4 aromatic carbocycles. The molecule has 8 nitrogen and oxygen atoms in total. The third-order valence-electron chi connectivity index (χ3n) is 4.49. The molecule has 0 saturated heterocycles. The van der Waals surface area contributed by atoms with Crippen LogP contribution < -0.4 is 41.9 Å². The van der Waals surface area contributed by atoms with Crippen LogP contribution in [0.3, 0.4) is 0 Å². The van der Waals surface area contributed by atoms with Gasteiger partial charge in [0.1, 0.15) is 23.0 Å². The molecule has 0 amide bonds. The van der Waals surface area contributed by atoms with Gasteiger partial charge in [0.15, 0.2) is 0 Å². The zero-order chi connectivity index (χ0) is 23.3. The van der Waals surface area contributed by atoms with Crippen molar-refractivity contribution in [2.24, 2.45) is 0 Å². The Morgan fingerprint density at radius 3 is 0.697 bits per heavy atom. The maximum Gasteiger partial charge on any atom is 0.611 e. The summed E-state index contributed by atoms with van der Waals surface area (Å²) in [5, 5.41) is 0. The van der Waals surface area contributed by atoms with Crippen molar-refractivity contribution >= 4 is 22.7 Å². The van der Waals surface area contributed by atoms with Crippen LogP contribution in [0.5, 0.6) is 23.0 Å². The lowest BCUT2D eigenvalue weighted by Crippen LogP contribution is -2.53. The van der Waals surface area contributed by atoms with E-state index in [4.69, 9.17) is 41.9 Å². The highest BCUT2D eigenvalue weighted by Crippen LogP contribution is 2.31. The van der Waals surface area contributed by atoms with Crippen LogP contribution in [0.1, 0.15) is 0 Å². The quantitative estimate of drug-likeness (QED) is 0.234. The number of rotatable bonds is 8. The minimum Gasteiger partial charge on any atom is -0.399 e. The molecule has 0 bridgehead atoms. The smallest absolute Gasteiger partial charge is 0.399 e. The van der Waals surface area contributed by atoms with Gasteiger partial charge in [-0.3, -0.25) is 0 Å². The Morgan fingerprint density at radius 2 is 0.515 bits per heavy atom. The second kappa shape index (κ2) is 9.19. The summed E-state index contributed by atoms with van der Waals surface area (Å²) in [6, 6.07) is 26.9. The number of hydrogen-bond donors (Lipinski definition) is 4. The van der Waals surface area contributed by atoms with E-state index in [0.29, 0.717) is 45.7 Å². The van der Waals surface area contributed by atoms with Crippen LogP contribution in [-0.4, -0.2) is 6.16 Å². The van der Waals surface area contributed by atoms with Crippen molar-refractivity contribution in [3.63, 3.8) is 0 Å². The molecule has 33 heavy (non-hydrogen) atoms. The maximum absolute atomic E-state index is 6.14. The summed E-state index contributed by atoms with van der Waals surface area (Å²) in [5.41, 5.74) is 25.6. The first-order valence-electron chi connectivity index (χ1n) is 10.1. The molecule has 0 heterocycles. The van der Waals surface area contributed by atoms with Crippen LogP contribution in [0.2, 0.25) is 0 Å². The zero-order valence-electron chi connectivity index (χ0n) is 17.7. The lowest BCUT2D eigenvalue weighted by molar-refractivity contribution is -0.367. The normalized spacial score (nSPS) is 10.9. The van der Waals surface area contributed by atoms with Crippen LogP contribution in [-0.2, 0) is 0 Å². The number of benzene rings is 4. The van der Waals surface area contributed by atoms with Crippen LogP contribution in [0, 0.1) is 0 Å². The summed E-state index contributed by atoms with van der Waals surface area (Å²) >= 11 is 0. The van der Waals surface area contributed by atoms with E-state index < -0.39 is 6.16 Å². The molecule has 0 aliphatic heterocycles. The van der Waals surface area contributed by atoms with Gasteiger partial charge < -0.3 is 41.9 Å². The number of hydrogen-bond acceptors (Lipinski definition) is 8. The van der Waals surface area contributed by atoms with Crippen molar-refractivity contribution in [1.29, 1.82) is 0 Å². The van der Waals surface area contributed by atoms with E-state index >= 15 is 0 Å². The minimum absolute atomic E-state index is 0.394. The van der Waals surface area contributed by atoms with E-state index in [1.54, 1.807) is 97.1 Å². The third-order valence-corrected chi connectivity index (χ3v) is 4.49. The summed E-state index contributed by atoms with van der Waals surface area (Å²) in [4.78, 5) is 0. The van der Waals surface area contributed by atoms with Gasteiger partial charge in [0.25, 0.3) is 0 Å². The highest BCUT2D eigenvalue weighted by molar-refractivity contribution is 5.45. The SMILES string of the molecule is Nc1ccc(OC(Oc2ccc(N)cc2)(Oc2ccc(N)cc2)Oc2ccc(N)cc2)cc1. The lowest BCUT2D eigenvalue weighted by atomic mass is 10.3. The van der Waals surface area contributed by atoms with E-state index in [-0.39, 0.29) is 0 Å². The van der Waals surface area contributed by atoms with Gasteiger partial charge >= 0.3 is 6.16 Å². The largest absolute Gasteiger partial charge is 0.611 e. The maximum atomic E-state index is 6.14. The van der Waals surface area contributed by atoms with Gasteiger partial charge in [-0.05, 0) is 97.1 Å².